The molecule has 0 N–H and O–H groups in total. The highest BCUT2D eigenvalue weighted by molar-refractivity contribution is 7.22. The molecule has 1 aliphatic rings. The maximum Gasteiger partial charge on any atom is 0.257 e. The molecule has 0 radical (unpaired) electrons. The van der Waals surface area contributed by atoms with E-state index in [0.717, 1.165) is 29.5 Å². The summed E-state index contributed by atoms with van der Waals surface area (Å²) in [5.74, 6) is 1.31. The Morgan fingerprint density at radius 3 is 2.41 bits per heavy atom. The van der Waals surface area contributed by atoms with Gasteiger partial charge in [-0.25, -0.2) is 4.98 Å². The van der Waals surface area contributed by atoms with Gasteiger partial charge in [0, 0.05) is 26.2 Å². The zero-order valence-corrected chi connectivity index (χ0v) is 19.1. The topological polar surface area (TPSA) is 45.7 Å². The molecule has 0 unspecified atom stereocenters. The van der Waals surface area contributed by atoms with Gasteiger partial charge in [0.25, 0.3) is 5.91 Å². The van der Waals surface area contributed by atoms with E-state index in [4.69, 9.17) is 9.72 Å². The number of nitrogens with zero attached hydrogens (tertiary/aromatic N) is 3. The monoisotopic (exact) mass is 443 g/mol. The zero-order valence-electron chi connectivity index (χ0n) is 18.2. The van der Waals surface area contributed by atoms with Crippen LogP contribution in [0.2, 0.25) is 0 Å². The Kier molecular flexibility index (Phi) is 5.53. The van der Waals surface area contributed by atoms with Crippen molar-refractivity contribution < 1.29 is 9.53 Å². The third kappa shape index (κ3) is 3.94. The van der Waals surface area contributed by atoms with E-state index >= 15 is 0 Å². The first-order valence-electron chi connectivity index (χ1n) is 10.8. The highest BCUT2D eigenvalue weighted by Crippen LogP contribution is 2.33. The van der Waals surface area contributed by atoms with Gasteiger partial charge >= 0.3 is 0 Å². The number of fused-ring (bicyclic) bond motifs is 1. The van der Waals surface area contributed by atoms with Crippen LogP contribution in [0.1, 0.15) is 21.5 Å². The van der Waals surface area contributed by atoms with Crippen molar-refractivity contribution in [1.29, 1.82) is 0 Å². The van der Waals surface area contributed by atoms with Gasteiger partial charge in [-0.1, -0.05) is 47.7 Å². The average Bonchev–Trinajstić information content (AvgIpc) is 3.27. The minimum Gasteiger partial charge on any atom is -0.457 e. The smallest absolute Gasteiger partial charge is 0.257 e. The van der Waals surface area contributed by atoms with Crippen molar-refractivity contribution in [1.82, 2.24) is 9.88 Å². The molecular weight excluding hydrogens is 418 g/mol. The van der Waals surface area contributed by atoms with Crippen molar-refractivity contribution in [2.75, 3.05) is 31.1 Å². The molecule has 3 aromatic carbocycles. The number of thiazole rings is 1. The van der Waals surface area contributed by atoms with Gasteiger partial charge in [0.1, 0.15) is 11.5 Å². The van der Waals surface area contributed by atoms with Crippen LogP contribution >= 0.6 is 11.3 Å². The lowest BCUT2D eigenvalue weighted by atomic mass is 10.1. The Bertz CT molecular complexity index is 1260. The number of anilines is 1. The van der Waals surface area contributed by atoms with Gasteiger partial charge in [0.05, 0.1) is 15.8 Å². The summed E-state index contributed by atoms with van der Waals surface area (Å²) in [6.45, 7) is 7.11. The molecule has 4 aromatic rings. The summed E-state index contributed by atoms with van der Waals surface area (Å²) in [7, 11) is 0. The Labute approximate surface area is 191 Å². The number of para-hydroxylation sites is 2. The number of benzene rings is 3. The summed E-state index contributed by atoms with van der Waals surface area (Å²) in [6.07, 6.45) is 0. The highest BCUT2D eigenvalue weighted by Gasteiger charge is 2.26. The SMILES string of the molecule is Cc1ccc2sc(N3CCN(C(=O)c4ccccc4Oc4ccccc4)CC3)nc2c1C. The number of piperazine rings is 1. The van der Waals surface area contributed by atoms with Crippen LogP contribution in [0.5, 0.6) is 11.5 Å². The molecule has 0 spiro atoms. The minimum absolute atomic E-state index is 0.00644. The molecule has 0 bridgehead atoms. The van der Waals surface area contributed by atoms with Crippen molar-refractivity contribution >= 4 is 32.6 Å². The molecule has 0 aliphatic carbocycles. The molecule has 1 saturated heterocycles. The summed E-state index contributed by atoms with van der Waals surface area (Å²) in [6, 6.07) is 21.3. The molecule has 2 heterocycles. The van der Waals surface area contributed by atoms with Crippen LogP contribution in [-0.2, 0) is 0 Å². The van der Waals surface area contributed by atoms with E-state index in [1.807, 2.05) is 59.5 Å². The van der Waals surface area contributed by atoms with Crippen molar-refractivity contribution in [2.24, 2.45) is 0 Å². The minimum atomic E-state index is 0.00644. The van der Waals surface area contributed by atoms with Gasteiger partial charge < -0.3 is 14.5 Å². The normalized spacial score (nSPS) is 14.1. The average molecular weight is 444 g/mol. The van der Waals surface area contributed by atoms with E-state index in [-0.39, 0.29) is 5.91 Å². The molecule has 0 saturated carbocycles. The van der Waals surface area contributed by atoms with Crippen LogP contribution in [-0.4, -0.2) is 42.0 Å². The molecule has 5 rings (SSSR count). The lowest BCUT2D eigenvalue weighted by Gasteiger charge is -2.34. The number of hydrogen-bond donors (Lipinski definition) is 0. The van der Waals surface area contributed by atoms with Crippen molar-refractivity contribution in [3.8, 4) is 11.5 Å². The van der Waals surface area contributed by atoms with Gasteiger partial charge in [-0.15, -0.1) is 0 Å². The van der Waals surface area contributed by atoms with E-state index in [1.165, 1.54) is 15.8 Å². The Morgan fingerprint density at radius 1 is 0.906 bits per heavy atom. The standard InChI is InChI=1S/C26H25N3O2S/c1-18-12-13-23-24(19(18)2)27-26(32-23)29-16-14-28(15-17-29)25(30)21-10-6-7-11-22(21)31-20-8-4-3-5-9-20/h3-13H,14-17H2,1-2H3. The highest BCUT2D eigenvalue weighted by atomic mass is 32.1. The molecule has 1 aliphatic heterocycles. The second-order valence-electron chi connectivity index (χ2n) is 8.04. The van der Waals surface area contributed by atoms with Crippen LogP contribution in [0.4, 0.5) is 5.13 Å². The molecular formula is C26H25N3O2S. The summed E-state index contributed by atoms with van der Waals surface area (Å²) < 4.78 is 7.22. The summed E-state index contributed by atoms with van der Waals surface area (Å²) in [5.41, 5.74) is 4.20. The molecule has 1 fully saturated rings. The number of carbonyl (C=O) groups is 1. The summed E-state index contributed by atoms with van der Waals surface area (Å²) >= 11 is 1.73. The van der Waals surface area contributed by atoms with Gasteiger partial charge in [-0.3, -0.25) is 4.79 Å². The fourth-order valence-electron chi connectivity index (χ4n) is 3.97. The van der Waals surface area contributed by atoms with Gasteiger partial charge in [-0.2, -0.15) is 0 Å². The number of hydrogen-bond acceptors (Lipinski definition) is 5. The van der Waals surface area contributed by atoms with E-state index < -0.39 is 0 Å². The molecule has 162 valence electrons. The first kappa shape index (κ1) is 20.5. The van der Waals surface area contributed by atoms with E-state index in [2.05, 4.69) is 30.9 Å². The lowest BCUT2D eigenvalue weighted by Crippen LogP contribution is -2.48. The fourth-order valence-corrected chi connectivity index (χ4v) is 5.05. The Morgan fingerprint density at radius 2 is 1.62 bits per heavy atom. The predicted octanol–water partition coefficient (Wildman–Crippen LogP) is 5.67. The molecule has 1 amide bonds. The zero-order chi connectivity index (χ0) is 22.1. The van der Waals surface area contributed by atoms with E-state index in [0.29, 0.717) is 24.4 Å². The molecule has 0 atom stereocenters. The van der Waals surface area contributed by atoms with Crippen LogP contribution in [0.15, 0.2) is 66.7 Å². The third-order valence-electron chi connectivity index (χ3n) is 6.00. The van der Waals surface area contributed by atoms with Crippen LogP contribution < -0.4 is 9.64 Å². The first-order chi connectivity index (χ1) is 15.6. The van der Waals surface area contributed by atoms with Gasteiger partial charge in [0.15, 0.2) is 5.13 Å². The molecule has 5 nitrogen and oxygen atoms in total. The van der Waals surface area contributed by atoms with Crippen LogP contribution in [0, 0.1) is 13.8 Å². The van der Waals surface area contributed by atoms with Crippen LogP contribution in [0.25, 0.3) is 10.2 Å². The number of ether oxygens (including phenoxy) is 1. The first-order valence-corrected chi connectivity index (χ1v) is 11.6. The maximum absolute atomic E-state index is 13.3. The third-order valence-corrected chi connectivity index (χ3v) is 7.08. The van der Waals surface area contributed by atoms with Crippen molar-refractivity contribution in [2.45, 2.75) is 13.8 Å². The lowest BCUT2D eigenvalue weighted by molar-refractivity contribution is 0.0744. The second kappa shape index (κ2) is 8.63. The van der Waals surface area contributed by atoms with Gasteiger partial charge in [-0.05, 0) is 55.3 Å². The molecule has 6 heteroatoms. The Balaban J connectivity index is 1.30. The quantitative estimate of drug-likeness (QED) is 0.408. The number of carbonyl (C=O) groups excluding carboxylic acids is 1. The second-order valence-corrected chi connectivity index (χ2v) is 9.05. The largest absolute Gasteiger partial charge is 0.457 e. The van der Waals surface area contributed by atoms with Gasteiger partial charge in [0.2, 0.25) is 0 Å². The summed E-state index contributed by atoms with van der Waals surface area (Å²) in [5, 5.41) is 1.04. The molecule has 1 aromatic heterocycles. The molecule has 32 heavy (non-hydrogen) atoms. The fraction of sp³-hybridized carbons (Fsp3) is 0.231. The van der Waals surface area contributed by atoms with E-state index in [9.17, 15) is 4.79 Å². The maximum atomic E-state index is 13.3. The predicted molar refractivity (Wildman–Crippen MR) is 130 cm³/mol. The number of amides is 1. The Hall–Kier alpha value is -3.38. The number of aryl methyl sites for hydroxylation is 2. The van der Waals surface area contributed by atoms with Crippen molar-refractivity contribution in [3.05, 3.63) is 83.4 Å². The van der Waals surface area contributed by atoms with Crippen molar-refractivity contribution in [3.63, 3.8) is 0 Å². The number of rotatable bonds is 4. The van der Waals surface area contributed by atoms with Crippen LogP contribution in [0.3, 0.4) is 0 Å². The summed E-state index contributed by atoms with van der Waals surface area (Å²) in [4.78, 5) is 22.4. The number of aromatic nitrogens is 1. The van der Waals surface area contributed by atoms with E-state index in [1.54, 1.807) is 11.3 Å².